The molecule has 4 aromatic heterocycles. The lowest BCUT2D eigenvalue weighted by molar-refractivity contribution is 0.100. The van der Waals surface area contributed by atoms with Crippen LogP contribution in [0.25, 0.3) is 26.5 Å². The van der Waals surface area contributed by atoms with Gasteiger partial charge in [-0.05, 0) is 13.0 Å². The third-order valence-electron chi connectivity index (χ3n) is 4.20. The Bertz CT molecular complexity index is 1160. The SMILES string of the molecule is Cc1ncc(N)cc1-c1c(-c2cnn(CCO)c2)sc2c(C(N)=O)cnn12. The minimum atomic E-state index is -0.539. The number of nitrogens with zero attached hydrogens (tertiary/aromatic N) is 5. The van der Waals surface area contributed by atoms with E-state index < -0.39 is 5.91 Å². The number of amides is 1. The number of pyridine rings is 1. The number of aromatic nitrogens is 5. The molecule has 0 bridgehead atoms. The second kappa shape index (κ2) is 6.49. The first-order valence-corrected chi connectivity index (χ1v) is 8.97. The molecule has 0 saturated carbocycles. The quantitative estimate of drug-likeness (QED) is 0.475. The predicted molar refractivity (Wildman–Crippen MR) is 102 cm³/mol. The van der Waals surface area contributed by atoms with Crippen LogP contribution in [0.5, 0.6) is 0 Å². The predicted octanol–water partition coefficient (Wildman–Crippen LogP) is 1.30. The molecule has 0 spiro atoms. The molecule has 27 heavy (non-hydrogen) atoms. The number of primary amides is 1. The normalized spacial score (nSPS) is 11.3. The lowest BCUT2D eigenvalue weighted by Gasteiger charge is -2.07. The summed E-state index contributed by atoms with van der Waals surface area (Å²) >= 11 is 1.39. The fraction of sp³-hybridized carbons (Fsp3) is 0.176. The molecule has 1 amide bonds. The first-order valence-electron chi connectivity index (χ1n) is 8.16. The number of hydrogen-bond acceptors (Lipinski definition) is 7. The maximum absolute atomic E-state index is 11.8. The first-order chi connectivity index (χ1) is 13.0. The van der Waals surface area contributed by atoms with Gasteiger partial charge in [0.15, 0.2) is 0 Å². The Kier molecular flexibility index (Phi) is 4.13. The van der Waals surface area contributed by atoms with Gasteiger partial charge in [0.2, 0.25) is 0 Å². The number of rotatable bonds is 5. The Hall–Kier alpha value is -3.24. The average molecular weight is 383 g/mol. The molecule has 0 aliphatic heterocycles. The van der Waals surface area contributed by atoms with Gasteiger partial charge in [-0.1, -0.05) is 0 Å². The van der Waals surface area contributed by atoms with Crippen LogP contribution in [-0.2, 0) is 6.54 Å². The number of anilines is 1. The second-order valence-electron chi connectivity index (χ2n) is 6.04. The van der Waals surface area contributed by atoms with Crippen molar-refractivity contribution in [1.29, 1.82) is 0 Å². The molecule has 0 aliphatic rings. The summed E-state index contributed by atoms with van der Waals surface area (Å²) in [5.74, 6) is -0.539. The van der Waals surface area contributed by atoms with Gasteiger partial charge in [-0.25, -0.2) is 4.52 Å². The Morgan fingerprint density at radius 3 is 2.85 bits per heavy atom. The van der Waals surface area contributed by atoms with E-state index >= 15 is 0 Å². The van der Waals surface area contributed by atoms with Crippen molar-refractivity contribution in [2.45, 2.75) is 13.5 Å². The van der Waals surface area contributed by atoms with E-state index in [1.165, 1.54) is 17.5 Å². The number of nitrogen functional groups attached to an aromatic ring is 1. The Morgan fingerprint density at radius 1 is 1.30 bits per heavy atom. The molecule has 0 saturated heterocycles. The highest BCUT2D eigenvalue weighted by Gasteiger charge is 2.23. The summed E-state index contributed by atoms with van der Waals surface area (Å²) in [6, 6.07) is 1.83. The molecule has 10 heteroatoms. The number of aryl methyl sites for hydroxylation is 1. The number of carbonyl (C=O) groups is 1. The van der Waals surface area contributed by atoms with Gasteiger partial charge < -0.3 is 16.6 Å². The van der Waals surface area contributed by atoms with E-state index in [4.69, 9.17) is 16.6 Å². The van der Waals surface area contributed by atoms with Crippen molar-refractivity contribution in [2.24, 2.45) is 5.73 Å². The minimum absolute atomic E-state index is 0.00813. The highest BCUT2D eigenvalue weighted by atomic mass is 32.1. The molecule has 0 aromatic carbocycles. The zero-order valence-corrected chi connectivity index (χ0v) is 15.3. The van der Waals surface area contributed by atoms with Crippen molar-refractivity contribution in [2.75, 3.05) is 12.3 Å². The van der Waals surface area contributed by atoms with E-state index in [1.54, 1.807) is 21.6 Å². The minimum Gasteiger partial charge on any atom is -0.397 e. The van der Waals surface area contributed by atoms with Gasteiger partial charge in [-0.3, -0.25) is 14.5 Å². The van der Waals surface area contributed by atoms with Crippen LogP contribution in [0.1, 0.15) is 16.1 Å². The summed E-state index contributed by atoms with van der Waals surface area (Å²) in [5.41, 5.74) is 15.5. The molecular formula is C17H17N7O2S. The van der Waals surface area contributed by atoms with Crippen LogP contribution in [-0.4, -0.2) is 42.0 Å². The van der Waals surface area contributed by atoms with E-state index in [0.29, 0.717) is 22.6 Å². The van der Waals surface area contributed by atoms with Gasteiger partial charge in [-0.2, -0.15) is 10.2 Å². The number of nitrogens with two attached hydrogens (primary N) is 2. The maximum Gasteiger partial charge on any atom is 0.253 e. The van der Waals surface area contributed by atoms with Gasteiger partial charge in [0.05, 0.1) is 53.6 Å². The van der Waals surface area contributed by atoms with E-state index in [9.17, 15) is 4.79 Å². The van der Waals surface area contributed by atoms with Crippen LogP contribution in [0.4, 0.5) is 5.69 Å². The van der Waals surface area contributed by atoms with Crippen LogP contribution in [0.15, 0.2) is 30.9 Å². The van der Waals surface area contributed by atoms with E-state index in [2.05, 4.69) is 15.2 Å². The third kappa shape index (κ3) is 2.84. The van der Waals surface area contributed by atoms with E-state index in [-0.39, 0.29) is 6.61 Å². The molecular weight excluding hydrogens is 366 g/mol. The van der Waals surface area contributed by atoms with Gasteiger partial charge in [0.25, 0.3) is 5.91 Å². The highest BCUT2D eigenvalue weighted by Crippen LogP contribution is 2.41. The van der Waals surface area contributed by atoms with Crippen molar-refractivity contribution < 1.29 is 9.90 Å². The number of aliphatic hydroxyl groups is 1. The molecule has 9 nitrogen and oxygen atoms in total. The number of fused-ring (bicyclic) bond motifs is 1. The van der Waals surface area contributed by atoms with Crippen molar-refractivity contribution in [1.82, 2.24) is 24.4 Å². The summed E-state index contributed by atoms with van der Waals surface area (Å²) in [4.78, 5) is 17.6. The topological polar surface area (TPSA) is 137 Å². The molecule has 4 heterocycles. The lowest BCUT2D eigenvalue weighted by atomic mass is 10.1. The largest absolute Gasteiger partial charge is 0.397 e. The second-order valence-corrected chi connectivity index (χ2v) is 7.04. The zero-order chi connectivity index (χ0) is 19.1. The van der Waals surface area contributed by atoms with Gasteiger partial charge >= 0.3 is 0 Å². The summed E-state index contributed by atoms with van der Waals surface area (Å²) in [6.45, 7) is 2.27. The molecule has 0 radical (unpaired) electrons. The number of thiazole rings is 1. The Labute approximate surface area is 157 Å². The molecule has 4 rings (SSSR count). The number of carbonyl (C=O) groups excluding carboxylic acids is 1. The summed E-state index contributed by atoms with van der Waals surface area (Å²) in [7, 11) is 0. The van der Waals surface area contributed by atoms with Crippen molar-refractivity contribution in [3.05, 3.63) is 42.1 Å². The lowest BCUT2D eigenvalue weighted by Crippen LogP contribution is -2.09. The van der Waals surface area contributed by atoms with E-state index in [1.807, 2.05) is 19.2 Å². The van der Waals surface area contributed by atoms with Crippen molar-refractivity contribution >= 4 is 27.8 Å². The molecule has 138 valence electrons. The average Bonchev–Trinajstić information content (AvgIpc) is 3.31. The van der Waals surface area contributed by atoms with Crippen LogP contribution >= 0.6 is 11.3 Å². The van der Waals surface area contributed by atoms with Gasteiger partial charge in [0, 0.05) is 23.0 Å². The Morgan fingerprint density at radius 2 is 2.11 bits per heavy atom. The number of hydrogen-bond donors (Lipinski definition) is 3. The molecule has 0 unspecified atom stereocenters. The van der Waals surface area contributed by atoms with Crippen LogP contribution in [0, 0.1) is 6.92 Å². The third-order valence-corrected chi connectivity index (χ3v) is 5.42. The molecule has 5 N–H and O–H groups in total. The standard InChI is InChI=1S/C17H17N7O2S/c1-9-12(4-11(18)6-20-9)14-15(10-5-21-23(8-10)2-3-25)27-17-13(16(19)26)7-22-24(14)17/h4-8,25H,2-3,18H2,1H3,(H2,19,26). The summed E-state index contributed by atoms with van der Waals surface area (Å²) in [5, 5.41) is 17.8. The fourth-order valence-electron chi connectivity index (χ4n) is 2.93. The highest BCUT2D eigenvalue weighted by molar-refractivity contribution is 7.21. The smallest absolute Gasteiger partial charge is 0.253 e. The van der Waals surface area contributed by atoms with Crippen LogP contribution < -0.4 is 11.5 Å². The fourth-order valence-corrected chi connectivity index (χ4v) is 4.13. The van der Waals surface area contributed by atoms with Crippen LogP contribution in [0.2, 0.25) is 0 Å². The summed E-state index contributed by atoms with van der Waals surface area (Å²) in [6.07, 6.45) is 6.61. The monoisotopic (exact) mass is 383 g/mol. The van der Waals surface area contributed by atoms with E-state index in [0.717, 1.165) is 27.4 Å². The molecule has 4 aromatic rings. The number of aliphatic hydroxyl groups excluding tert-OH is 1. The zero-order valence-electron chi connectivity index (χ0n) is 14.5. The van der Waals surface area contributed by atoms with Crippen molar-refractivity contribution in [3.63, 3.8) is 0 Å². The molecule has 0 aliphatic carbocycles. The molecule has 0 fully saturated rings. The van der Waals surface area contributed by atoms with Crippen LogP contribution in [0.3, 0.4) is 0 Å². The van der Waals surface area contributed by atoms with Gasteiger partial charge in [-0.15, -0.1) is 11.3 Å². The first kappa shape index (κ1) is 17.2. The maximum atomic E-state index is 11.8. The molecule has 0 atom stereocenters. The summed E-state index contributed by atoms with van der Waals surface area (Å²) < 4.78 is 3.34. The van der Waals surface area contributed by atoms with Gasteiger partial charge in [0.1, 0.15) is 4.83 Å². The Balaban J connectivity index is 2.01. The van der Waals surface area contributed by atoms with Crippen molar-refractivity contribution in [3.8, 4) is 21.7 Å².